The first-order chi connectivity index (χ1) is 11.5. The minimum absolute atomic E-state index is 0.0491. The van der Waals surface area contributed by atoms with Gasteiger partial charge in [0.25, 0.3) is 5.69 Å². The number of carbonyl (C=O) groups is 1. The number of carboxylic acid groups (broad SMARTS) is 1. The molecule has 0 radical (unpaired) electrons. The molecular weight excluding hydrogens is 315 g/mol. The fourth-order valence-electron chi connectivity index (χ4n) is 2.44. The Morgan fingerprint density at radius 3 is 2.58 bits per heavy atom. The van der Waals surface area contributed by atoms with Gasteiger partial charge in [-0.3, -0.25) is 10.1 Å². The van der Waals surface area contributed by atoms with Gasteiger partial charge in [0.1, 0.15) is 5.82 Å². The molecule has 2 N–H and O–H groups in total. The van der Waals surface area contributed by atoms with Gasteiger partial charge in [-0.15, -0.1) is 0 Å². The van der Waals surface area contributed by atoms with Crippen LogP contribution in [0, 0.1) is 15.9 Å². The number of halogens is 1. The smallest absolute Gasteiger partial charge is 0.337 e. The van der Waals surface area contributed by atoms with E-state index in [1.165, 1.54) is 6.07 Å². The van der Waals surface area contributed by atoms with E-state index in [4.69, 9.17) is 0 Å². The van der Waals surface area contributed by atoms with Crippen LogP contribution in [0.4, 0.5) is 21.5 Å². The number of hydrogen-bond donors (Lipinski definition) is 2. The predicted molar refractivity (Wildman–Crippen MR) is 87.2 cm³/mol. The highest BCUT2D eigenvalue weighted by molar-refractivity contribution is 6.00. The Morgan fingerprint density at radius 1 is 1.12 bits per heavy atom. The van der Waals surface area contributed by atoms with Crippen molar-refractivity contribution in [1.82, 2.24) is 0 Å². The van der Waals surface area contributed by atoms with Crippen molar-refractivity contribution < 1.29 is 19.2 Å². The van der Waals surface area contributed by atoms with Gasteiger partial charge in [0.15, 0.2) is 0 Å². The van der Waals surface area contributed by atoms with Crippen LogP contribution in [-0.2, 0) is 0 Å². The molecule has 0 saturated heterocycles. The molecule has 120 valence electrons. The van der Waals surface area contributed by atoms with Gasteiger partial charge >= 0.3 is 5.97 Å². The maximum Gasteiger partial charge on any atom is 0.337 e. The van der Waals surface area contributed by atoms with Gasteiger partial charge in [-0.1, -0.05) is 30.3 Å². The molecule has 0 bridgehead atoms. The monoisotopic (exact) mass is 326 g/mol. The summed E-state index contributed by atoms with van der Waals surface area (Å²) in [7, 11) is 0. The first-order valence-corrected chi connectivity index (χ1v) is 6.93. The second-order valence-corrected chi connectivity index (χ2v) is 5.06. The Morgan fingerprint density at radius 2 is 1.88 bits per heavy atom. The minimum Gasteiger partial charge on any atom is -0.478 e. The van der Waals surface area contributed by atoms with E-state index in [0.717, 1.165) is 23.6 Å². The fourth-order valence-corrected chi connectivity index (χ4v) is 2.44. The molecular formula is C17H11FN2O4. The molecule has 0 aliphatic rings. The Labute approximate surface area is 135 Å². The fraction of sp³-hybridized carbons (Fsp3) is 0. The third-order valence-corrected chi connectivity index (χ3v) is 3.58. The summed E-state index contributed by atoms with van der Waals surface area (Å²) in [6.45, 7) is 0. The Bertz CT molecular complexity index is 972. The summed E-state index contributed by atoms with van der Waals surface area (Å²) >= 11 is 0. The lowest BCUT2D eigenvalue weighted by atomic mass is 10.1. The van der Waals surface area contributed by atoms with Crippen molar-refractivity contribution in [3.05, 3.63) is 76.1 Å². The highest BCUT2D eigenvalue weighted by Crippen LogP contribution is 2.32. The maximum atomic E-state index is 14.3. The van der Waals surface area contributed by atoms with E-state index in [1.54, 1.807) is 30.3 Å². The van der Waals surface area contributed by atoms with E-state index in [9.17, 15) is 24.4 Å². The van der Waals surface area contributed by atoms with Crippen molar-refractivity contribution in [2.45, 2.75) is 0 Å². The average molecular weight is 326 g/mol. The van der Waals surface area contributed by atoms with E-state index in [-0.39, 0.29) is 22.6 Å². The largest absolute Gasteiger partial charge is 0.478 e. The Balaban J connectivity index is 2.18. The number of nitro benzene ring substituents is 1. The van der Waals surface area contributed by atoms with Crippen molar-refractivity contribution in [2.24, 2.45) is 0 Å². The number of non-ortho nitro benzene ring substituents is 1. The summed E-state index contributed by atoms with van der Waals surface area (Å²) in [6, 6.07) is 13.1. The molecule has 0 unspecified atom stereocenters. The number of benzene rings is 3. The van der Waals surface area contributed by atoms with Gasteiger partial charge in [-0.25, -0.2) is 9.18 Å². The van der Waals surface area contributed by atoms with Crippen LogP contribution in [0.1, 0.15) is 10.4 Å². The maximum absolute atomic E-state index is 14.3. The van der Waals surface area contributed by atoms with Crippen LogP contribution >= 0.6 is 0 Å². The van der Waals surface area contributed by atoms with Crippen molar-refractivity contribution in [3.63, 3.8) is 0 Å². The first kappa shape index (κ1) is 15.4. The number of hydrogen-bond acceptors (Lipinski definition) is 4. The van der Waals surface area contributed by atoms with Crippen molar-refractivity contribution in [2.75, 3.05) is 5.32 Å². The predicted octanol–water partition coefficient (Wildman–Crippen LogP) is 4.33. The van der Waals surface area contributed by atoms with E-state index in [0.29, 0.717) is 5.39 Å². The van der Waals surface area contributed by atoms with Gasteiger partial charge in [0, 0.05) is 17.5 Å². The van der Waals surface area contributed by atoms with Crippen LogP contribution in [-0.4, -0.2) is 16.0 Å². The molecule has 0 atom stereocenters. The van der Waals surface area contributed by atoms with Crippen LogP contribution in [0.2, 0.25) is 0 Å². The number of nitrogens with zero attached hydrogens (tertiary/aromatic N) is 1. The number of fused-ring (bicyclic) bond motifs is 1. The number of aromatic carboxylic acids is 1. The zero-order valence-electron chi connectivity index (χ0n) is 12.2. The lowest BCUT2D eigenvalue weighted by Gasteiger charge is -2.13. The molecule has 0 saturated carbocycles. The highest BCUT2D eigenvalue weighted by atomic mass is 19.1. The van der Waals surface area contributed by atoms with E-state index in [2.05, 4.69) is 5.32 Å². The normalized spacial score (nSPS) is 10.5. The minimum atomic E-state index is -1.27. The molecule has 7 heteroatoms. The van der Waals surface area contributed by atoms with Crippen molar-refractivity contribution >= 4 is 33.8 Å². The molecule has 0 aliphatic carbocycles. The quantitative estimate of drug-likeness (QED) is 0.550. The zero-order valence-corrected chi connectivity index (χ0v) is 12.2. The SMILES string of the molecule is O=C(O)c1ccc([N+](=O)[O-])cc1Nc1c(F)ccc2ccccc12. The van der Waals surface area contributed by atoms with Gasteiger partial charge < -0.3 is 10.4 Å². The van der Waals surface area contributed by atoms with Gasteiger partial charge in [0.2, 0.25) is 0 Å². The molecule has 0 fully saturated rings. The molecule has 6 nitrogen and oxygen atoms in total. The zero-order chi connectivity index (χ0) is 17.3. The van der Waals surface area contributed by atoms with E-state index < -0.39 is 16.7 Å². The number of carboxylic acids is 1. The summed E-state index contributed by atoms with van der Waals surface area (Å²) in [5, 5.41) is 24.2. The van der Waals surface area contributed by atoms with Crippen LogP contribution in [0.25, 0.3) is 10.8 Å². The molecule has 0 spiro atoms. The first-order valence-electron chi connectivity index (χ1n) is 6.93. The van der Waals surface area contributed by atoms with Gasteiger partial charge in [-0.05, 0) is 17.5 Å². The summed E-state index contributed by atoms with van der Waals surface area (Å²) < 4.78 is 14.3. The Hall–Kier alpha value is -3.48. The second kappa shape index (κ2) is 5.96. The van der Waals surface area contributed by atoms with Crippen LogP contribution in [0.3, 0.4) is 0 Å². The third-order valence-electron chi connectivity index (χ3n) is 3.58. The number of nitrogens with one attached hydrogen (secondary N) is 1. The summed E-state index contributed by atoms with van der Waals surface area (Å²) in [5.74, 6) is -1.86. The molecule has 24 heavy (non-hydrogen) atoms. The van der Waals surface area contributed by atoms with Gasteiger partial charge in [-0.2, -0.15) is 0 Å². The third kappa shape index (κ3) is 2.74. The number of nitro groups is 1. The molecule has 0 heterocycles. The number of rotatable bonds is 4. The topological polar surface area (TPSA) is 92.5 Å². The highest BCUT2D eigenvalue weighted by Gasteiger charge is 2.17. The van der Waals surface area contributed by atoms with Crippen molar-refractivity contribution in [1.29, 1.82) is 0 Å². The van der Waals surface area contributed by atoms with E-state index >= 15 is 0 Å². The van der Waals surface area contributed by atoms with Crippen LogP contribution in [0.5, 0.6) is 0 Å². The molecule has 3 aromatic carbocycles. The van der Waals surface area contributed by atoms with Crippen molar-refractivity contribution in [3.8, 4) is 0 Å². The second-order valence-electron chi connectivity index (χ2n) is 5.06. The van der Waals surface area contributed by atoms with E-state index in [1.807, 2.05) is 0 Å². The Kier molecular flexibility index (Phi) is 3.83. The molecule has 3 aromatic rings. The standard InChI is InChI=1S/C17H11FN2O4/c18-14-8-5-10-3-1-2-4-12(10)16(14)19-15-9-11(20(23)24)6-7-13(15)17(21)22/h1-9,19H,(H,21,22). The number of anilines is 2. The molecule has 0 aliphatic heterocycles. The lowest BCUT2D eigenvalue weighted by Crippen LogP contribution is -2.05. The summed E-state index contributed by atoms with van der Waals surface area (Å²) in [6.07, 6.45) is 0. The lowest BCUT2D eigenvalue weighted by molar-refractivity contribution is -0.384. The molecule has 0 amide bonds. The molecule has 3 rings (SSSR count). The van der Waals surface area contributed by atoms with Crippen LogP contribution in [0.15, 0.2) is 54.6 Å². The summed E-state index contributed by atoms with van der Waals surface area (Å²) in [4.78, 5) is 21.6. The average Bonchev–Trinajstić information content (AvgIpc) is 2.57. The molecule has 0 aromatic heterocycles. The van der Waals surface area contributed by atoms with Gasteiger partial charge in [0.05, 0.1) is 21.9 Å². The summed E-state index contributed by atoms with van der Waals surface area (Å²) in [5.41, 5.74) is -0.459. The van der Waals surface area contributed by atoms with Crippen LogP contribution < -0.4 is 5.32 Å².